The van der Waals surface area contributed by atoms with Crippen molar-refractivity contribution in [3.8, 4) is 0 Å². The topological polar surface area (TPSA) is 37.3 Å². The van der Waals surface area contributed by atoms with Crippen LogP contribution in [-0.4, -0.2) is 11.1 Å². The van der Waals surface area contributed by atoms with Gasteiger partial charge in [-0.2, -0.15) is 0 Å². The molecule has 0 spiro atoms. The lowest BCUT2D eigenvalue weighted by Crippen LogP contribution is -2.08. The van der Waals surface area contributed by atoms with Crippen LogP contribution in [0.25, 0.3) is 12.2 Å². The van der Waals surface area contributed by atoms with Crippen LogP contribution in [0.3, 0.4) is 0 Å². The lowest BCUT2D eigenvalue weighted by Gasteiger charge is -2.03. The molecular formula is C21H30O2. The molecule has 0 radical (unpaired) electrons. The molecule has 0 aromatic heterocycles. The molecule has 0 aliphatic carbocycles. The van der Waals surface area contributed by atoms with Crippen LogP contribution in [0.5, 0.6) is 0 Å². The van der Waals surface area contributed by atoms with Crippen molar-refractivity contribution in [1.29, 1.82) is 0 Å². The number of rotatable bonds is 11. The van der Waals surface area contributed by atoms with Gasteiger partial charge in [0.2, 0.25) is 0 Å². The molecule has 2 heteroatoms. The second-order valence-corrected chi connectivity index (χ2v) is 6.10. The summed E-state index contributed by atoms with van der Waals surface area (Å²) in [6.45, 7) is 3.99. The number of aliphatic carboxylic acids is 1. The van der Waals surface area contributed by atoms with Crippen LogP contribution in [0.2, 0.25) is 0 Å². The predicted octanol–water partition coefficient (Wildman–Crippen LogP) is 6.18. The number of carboxylic acid groups (broad SMARTS) is 1. The maximum absolute atomic E-state index is 10.8. The minimum atomic E-state index is -0.718. The summed E-state index contributed by atoms with van der Waals surface area (Å²) in [6, 6.07) is 8.33. The number of hydrogen-bond donors (Lipinski definition) is 1. The van der Waals surface area contributed by atoms with Gasteiger partial charge in [-0.3, -0.25) is 4.79 Å². The molecule has 1 aromatic carbocycles. The van der Waals surface area contributed by atoms with E-state index >= 15 is 0 Å². The third-order valence-electron chi connectivity index (χ3n) is 4.00. The molecule has 0 aliphatic heterocycles. The van der Waals surface area contributed by atoms with Gasteiger partial charge in [0, 0.05) is 0 Å². The third kappa shape index (κ3) is 8.39. The SMILES string of the molecule is CCCCCCC=Cc1ccccc1C=CCCC(C)C(=O)O. The Kier molecular flexibility index (Phi) is 9.78. The van der Waals surface area contributed by atoms with Gasteiger partial charge in [-0.25, -0.2) is 0 Å². The summed E-state index contributed by atoms with van der Waals surface area (Å²) in [5.41, 5.74) is 2.42. The molecule has 0 aliphatic rings. The summed E-state index contributed by atoms with van der Waals surface area (Å²) in [7, 11) is 0. The standard InChI is InChI=1S/C21H30O2/c1-3-4-5-6-7-8-14-19-16-11-12-17-20(19)15-10-9-13-18(2)21(22)23/h8,10-12,14-18H,3-7,9,13H2,1-2H3,(H,22,23). The number of carbonyl (C=O) groups is 1. The lowest BCUT2D eigenvalue weighted by atomic mass is 10.0. The average molecular weight is 314 g/mol. The fourth-order valence-corrected chi connectivity index (χ4v) is 2.39. The highest BCUT2D eigenvalue weighted by atomic mass is 16.4. The Bertz CT molecular complexity index is 514. The minimum absolute atomic E-state index is 0.280. The first kappa shape index (κ1) is 19.2. The zero-order valence-corrected chi connectivity index (χ0v) is 14.5. The molecule has 23 heavy (non-hydrogen) atoms. The molecule has 1 N–H and O–H groups in total. The van der Waals surface area contributed by atoms with Crippen LogP contribution in [0.4, 0.5) is 0 Å². The van der Waals surface area contributed by atoms with Gasteiger partial charge in [-0.1, -0.05) is 81.7 Å². The highest BCUT2D eigenvalue weighted by Gasteiger charge is 2.08. The second-order valence-electron chi connectivity index (χ2n) is 6.10. The van der Waals surface area contributed by atoms with Gasteiger partial charge in [0.25, 0.3) is 0 Å². The predicted molar refractivity (Wildman–Crippen MR) is 99.3 cm³/mol. The highest BCUT2D eigenvalue weighted by molar-refractivity contribution is 5.69. The minimum Gasteiger partial charge on any atom is -0.481 e. The van der Waals surface area contributed by atoms with E-state index in [9.17, 15) is 4.79 Å². The van der Waals surface area contributed by atoms with Gasteiger partial charge in [0.05, 0.1) is 5.92 Å². The number of unbranched alkanes of at least 4 members (excludes halogenated alkanes) is 4. The molecule has 0 heterocycles. The summed E-state index contributed by atoms with van der Waals surface area (Å²) < 4.78 is 0. The summed E-state index contributed by atoms with van der Waals surface area (Å²) in [4.78, 5) is 10.8. The van der Waals surface area contributed by atoms with E-state index in [1.54, 1.807) is 6.92 Å². The van der Waals surface area contributed by atoms with Crippen molar-refractivity contribution < 1.29 is 9.90 Å². The van der Waals surface area contributed by atoms with Crippen LogP contribution in [-0.2, 0) is 4.79 Å². The Hall–Kier alpha value is -1.83. The monoisotopic (exact) mass is 314 g/mol. The molecule has 1 atom stereocenters. The summed E-state index contributed by atoms with van der Waals surface area (Å²) in [6.07, 6.45) is 16.4. The van der Waals surface area contributed by atoms with Crippen molar-refractivity contribution in [2.45, 2.75) is 58.8 Å². The maximum Gasteiger partial charge on any atom is 0.306 e. The van der Waals surface area contributed by atoms with Gasteiger partial charge in [-0.15, -0.1) is 0 Å². The Balaban J connectivity index is 2.49. The molecule has 0 amide bonds. The summed E-state index contributed by atoms with van der Waals surface area (Å²) in [5.74, 6) is -0.997. The first-order valence-corrected chi connectivity index (χ1v) is 8.80. The molecule has 2 nitrogen and oxygen atoms in total. The average Bonchev–Trinajstić information content (AvgIpc) is 2.55. The molecule has 1 rings (SSSR count). The van der Waals surface area contributed by atoms with Crippen molar-refractivity contribution in [2.75, 3.05) is 0 Å². The van der Waals surface area contributed by atoms with Crippen LogP contribution in [0.1, 0.15) is 69.9 Å². The number of benzene rings is 1. The van der Waals surface area contributed by atoms with Gasteiger partial charge < -0.3 is 5.11 Å². The molecular weight excluding hydrogens is 284 g/mol. The van der Waals surface area contributed by atoms with E-state index in [1.165, 1.54) is 36.8 Å². The van der Waals surface area contributed by atoms with Gasteiger partial charge in [-0.05, 0) is 36.8 Å². The van der Waals surface area contributed by atoms with Gasteiger partial charge in [0.15, 0.2) is 0 Å². The molecule has 1 aromatic rings. The van der Waals surface area contributed by atoms with Crippen LogP contribution in [0.15, 0.2) is 36.4 Å². The molecule has 126 valence electrons. The first-order valence-electron chi connectivity index (χ1n) is 8.80. The van der Waals surface area contributed by atoms with E-state index in [0.717, 1.165) is 12.8 Å². The normalized spacial score (nSPS) is 13.0. The van der Waals surface area contributed by atoms with Crippen molar-refractivity contribution in [3.05, 3.63) is 47.5 Å². The van der Waals surface area contributed by atoms with E-state index in [0.29, 0.717) is 6.42 Å². The van der Waals surface area contributed by atoms with Crippen molar-refractivity contribution in [2.24, 2.45) is 5.92 Å². The second kappa shape index (κ2) is 11.7. The molecule has 0 saturated heterocycles. The lowest BCUT2D eigenvalue weighted by molar-refractivity contribution is -0.141. The molecule has 0 saturated carbocycles. The highest BCUT2D eigenvalue weighted by Crippen LogP contribution is 2.15. The molecule has 0 fully saturated rings. The van der Waals surface area contributed by atoms with E-state index in [-0.39, 0.29) is 5.92 Å². The number of allylic oxidation sites excluding steroid dienone is 2. The summed E-state index contributed by atoms with van der Waals surface area (Å²) in [5, 5.41) is 8.88. The van der Waals surface area contributed by atoms with Crippen LogP contribution in [0, 0.1) is 5.92 Å². The van der Waals surface area contributed by atoms with E-state index in [1.807, 2.05) is 6.07 Å². The van der Waals surface area contributed by atoms with Crippen molar-refractivity contribution in [1.82, 2.24) is 0 Å². The first-order chi connectivity index (χ1) is 11.1. The summed E-state index contributed by atoms with van der Waals surface area (Å²) >= 11 is 0. The fraction of sp³-hybridized carbons (Fsp3) is 0.476. The van der Waals surface area contributed by atoms with Crippen LogP contribution >= 0.6 is 0 Å². The Morgan fingerprint density at radius 2 is 1.65 bits per heavy atom. The van der Waals surface area contributed by atoms with Crippen molar-refractivity contribution >= 4 is 18.1 Å². The smallest absolute Gasteiger partial charge is 0.306 e. The number of hydrogen-bond acceptors (Lipinski definition) is 1. The van der Waals surface area contributed by atoms with E-state index in [2.05, 4.69) is 49.4 Å². The Labute approximate surface area is 140 Å². The largest absolute Gasteiger partial charge is 0.481 e. The molecule has 0 bridgehead atoms. The van der Waals surface area contributed by atoms with E-state index < -0.39 is 5.97 Å². The fourth-order valence-electron chi connectivity index (χ4n) is 2.39. The zero-order chi connectivity index (χ0) is 16.9. The van der Waals surface area contributed by atoms with Gasteiger partial charge >= 0.3 is 5.97 Å². The third-order valence-corrected chi connectivity index (χ3v) is 4.00. The molecule has 1 unspecified atom stereocenters. The quantitative estimate of drug-likeness (QED) is 0.495. The van der Waals surface area contributed by atoms with E-state index in [4.69, 9.17) is 5.11 Å². The van der Waals surface area contributed by atoms with Crippen LogP contribution < -0.4 is 0 Å². The van der Waals surface area contributed by atoms with Crippen molar-refractivity contribution in [3.63, 3.8) is 0 Å². The Morgan fingerprint density at radius 3 is 2.22 bits per heavy atom. The Morgan fingerprint density at radius 1 is 1.04 bits per heavy atom. The number of carboxylic acids is 1. The van der Waals surface area contributed by atoms with Gasteiger partial charge in [0.1, 0.15) is 0 Å². The maximum atomic E-state index is 10.8. The zero-order valence-electron chi connectivity index (χ0n) is 14.5.